The molecule has 1 fully saturated rings. The molecule has 1 aliphatic rings. The van der Waals surface area contributed by atoms with Crippen LogP contribution in [0.25, 0.3) is 0 Å². The van der Waals surface area contributed by atoms with Gasteiger partial charge in [-0.3, -0.25) is 4.90 Å². The molecule has 0 aromatic heterocycles. The van der Waals surface area contributed by atoms with Crippen molar-refractivity contribution in [2.24, 2.45) is 0 Å². The van der Waals surface area contributed by atoms with E-state index in [1.165, 1.54) is 76.7 Å². The zero-order valence-corrected chi connectivity index (χ0v) is 16.6. The molecule has 0 unspecified atom stereocenters. The van der Waals surface area contributed by atoms with Crippen molar-refractivity contribution >= 4 is 23.2 Å². The Bertz CT molecular complexity index is 473. The van der Waals surface area contributed by atoms with E-state index in [0.717, 1.165) is 13.1 Å². The van der Waals surface area contributed by atoms with Gasteiger partial charge in [0.25, 0.3) is 0 Å². The molecule has 1 aromatic rings. The normalized spacial score (nSPS) is 16.0. The fourth-order valence-corrected chi connectivity index (χ4v) is 3.77. The Labute approximate surface area is 158 Å². The van der Waals surface area contributed by atoms with E-state index in [4.69, 9.17) is 23.2 Å². The smallest absolute Gasteiger partial charge is 0.0595 e. The molecule has 0 aliphatic carbocycles. The van der Waals surface area contributed by atoms with Gasteiger partial charge in [0.05, 0.1) is 10.0 Å². The Balaban J connectivity index is 1.58. The molecule has 1 aliphatic heterocycles. The molecule has 2 rings (SSSR count). The van der Waals surface area contributed by atoms with Crippen molar-refractivity contribution < 1.29 is 0 Å². The van der Waals surface area contributed by atoms with Gasteiger partial charge in [-0.15, -0.1) is 0 Å². The van der Waals surface area contributed by atoms with Crippen LogP contribution in [0.5, 0.6) is 0 Å². The Hall–Kier alpha value is -0.280. The lowest BCUT2D eigenvalue weighted by Gasteiger charge is -2.26. The SMILES string of the molecule is CCN(CCCCCCN1CCCCC1)Cc1ccc(Cl)c(Cl)c1. The van der Waals surface area contributed by atoms with E-state index >= 15 is 0 Å². The van der Waals surface area contributed by atoms with Crippen LogP contribution in [-0.4, -0.2) is 42.5 Å². The summed E-state index contributed by atoms with van der Waals surface area (Å²) in [6.45, 7) is 9.39. The van der Waals surface area contributed by atoms with E-state index in [2.05, 4.69) is 22.8 Å². The van der Waals surface area contributed by atoms with Gasteiger partial charge in [0, 0.05) is 6.54 Å². The van der Waals surface area contributed by atoms with E-state index in [0.29, 0.717) is 10.0 Å². The zero-order valence-electron chi connectivity index (χ0n) is 15.1. The van der Waals surface area contributed by atoms with Crippen LogP contribution >= 0.6 is 23.2 Å². The molecule has 136 valence electrons. The largest absolute Gasteiger partial charge is 0.303 e. The summed E-state index contributed by atoms with van der Waals surface area (Å²) in [4.78, 5) is 5.14. The average Bonchev–Trinajstić information content (AvgIpc) is 2.61. The number of nitrogens with zero attached hydrogens (tertiary/aromatic N) is 2. The van der Waals surface area contributed by atoms with Gasteiger partial charge in [-0.25, -0.2) is 0 Å². The van der Waals surface area contributed by atoms with Crippen molar-refractivity contribution in [3.05, 3.63) is 33.8 Å². The first-order valence-electron chi connectivity index (χ1n) is 9.57. The standard InChI is InChI=1S/C20H32Cl2N2/c1-2-23(17-18-10-11-19(21)20(22)16-18)12-6-3-4-7-13-24-14-8-5-9-15-24/h10-11,16H,2-9,12-15,17H2,1H3. The predicted molar refractivity (Wildman–Crippen MR) is 106 cm³/mol. The summed E-state index contributed by atoms with van der Waals surface area (Å²) in [5.41, 5.74) is 1.25. The first kappa shape index (κ1) is 20.0. The number of benzene rings is 1. The molecule has 1 heterocycles. The van der Waals surface area contributed by atoms with Crippen LogP contribution in [0.1, 0.15) is 57.4 Å². The van der Waals surface area contributed by atoms with Crippen LogP contribution in [0.2, 0.25) is 10.0 Å². The lowest BCUT2D eigenvalue weighted by molar-refractivity contribution is 0.222. The second kappa shape index (κ2) is 11.4. The number of hydrogen-bond donors (Lipinski definition) is 0. The molecule has 4 heteroatoms. The monoisotopic (exact) mass is 370 g/mol. The Morgan fingerprint density at radius 2 is 1.71 bits per heavy atom. The highest BCUT2D eigenvalue weighted by atomic mass is 35.5. The van der Waals surface area contributed by atoms with Crippen molar-refractivity contribution in [1.82, 2.24) is 9.80 Å². The van der Waals surface area contributed by atoms with E-state index in [1.54, 1.807) is 0 Å². The second-order valence-corrected chi connectivity index (χ2v) is 7.75. The molecule has 24 heavy (non-hydrogen) atoms. The fraction of sp³-hybridized carbons (Fsp3) is 0.700. The van der Waals surface area contributed by atoms with Gasteiger partial charge in [0.2, 0.25) is 0 Å². The van der Waals surface area contributed by atoms with Crippen molar-refractivity contribution in [2.75, 3.05) is 32.7 Å². The summed E-state index contributed by atoms with van der Waals surface area (Å²) in [5.74, 6) is 0. The maximum atomic E-state index is 6.11. The maximum Gasteiger partial charge on any atom is 0.0595 e. The minimum atomic E-state index is 0.636. The summed E-state index contributed by atoms with van der Waals surface area (Å²) < 4.78 is 0. The molecule has 0 amide bonds. The lowest BCUT2D eigenvalue weighted by atomic mass is 10.1. The Morgan fingerprint density at radius 1 is 0.958 bits per heavy atom. The van der Waals surface area contributed by atoms with Gasteiger partial charge < -0.3 is 4.90 Å². The van der Waals surface area contributed by atoms with Crippen LogP contribution < -0.4 is 0 Å². The van der Waals surface area contributed by atoms with Gasteiger partial charge in [-0.2, -0.15) is 0 Å². The summed E-state index contributed by atoms with van der Waals surface area (Å²) in [6, 6.07) is 5.97. The lowest BCUT2D eigenvalue weighted by Crippen LogP contribution is -2.30. The van der Waals surface area contributed by atoms with Gasteiger partial charge >= 0.3 is 0 Å². The number of halogens is 2. The van der Waals surface area contributed by atoms with Crippen LogP contribution in [-0.2, 0) is 6.54 Å². The highest BCUT2D eigenvalue weighted by Gasteiger charge is 2.09. The van der Waals surface area contributed by atoms with Crippen LogP contribution in [0, 0.1) is 0 Å². The quantitative estimate of drug-likeness (QED) is 0.475. The molecule has 0 N–H and O–H groups in total. The molecule has 1 aromatic carbocycles. The molecule has 1 saturated heterocycles. The number of piperidine rings is 1. The topological polar surface area (TPSA) is 6.48 Å². The van der Waals surface area contributed by atoms with Gasteiger partial charge in [0.15, 0.2) is 0 Å². The maximum absolute atomic E-state index is 6.11. The third-order valence-corrected chi connectivity index (χ3v) is 5.72. The highest BCUT2D eigenvalue weighted by Crippen LogP contribution is 2.23. The predicted octanol–water partition coefficient (Wildman–Crippen LogP) is 5.86. The van der Waals surface area contributed by atoms with E-state index in [1.807, 2.05) is 12.1 Å². The molecule has 0 atom stereocenters. The summed E-state index contributed by atoms with van der Waals surface area (Å²) in [5, 5.41) is 1.29. The number of hydrogen-bond acceptors (Lipinski definition) is 2. The molecule has 0 bridgehead atoms. The molecule has 2 nitrogen and oxygen atoms in total. The van der Waals surface area contributed by atoms with Crippen molar-refractivity contribution in [3.63, 3.8) is 0 Å². The molecule has 0 saturated carbocycles. The summed E-state index contributed by atoms with van der Waals surface area (Å²) in [6.07, 6.45) is 9.59. The van der Waals surface area contributed by atoms with Crippen molar-refractivity contribution in [3.8, 4) is 0 Å². The molecule has 0 spiro atoms. The van der Waals surface area contributed by atoms with Crippen LogP contribution in [0.3, 0.4) is 0 Å². The number of likely N-dealkylation sites (tertiary alicyclic amines) is 1. The second-order valence-electron chi connectivity index (χ2n) is 6.93. The van der Waals surface area contributed by atoms with Gasteiger partial charge in [-0.05, 0) is 76.1 Å². The number of unbranched alkanes of at least 4 members (excludes halogenated alkanes) is 3. The van der Waals surface area contributed by atoms with Crippen LogP contribution in [0.15, 0.2) is 18.2 Å². The Morgan fingerprint density at radius 3 is 2.42 bits per heavy atom. The zero-order chi connectivity index (χ0) is 17.2. The van der Waals surface area contributed by atoms with Gasteiger partial charge in [-0.1, -0.05) is 55.5 Å². The fourth-order valence-electron chi connectivity index (χ4n) is 3.45. The van der Waals surface area contributed by atoms with E-state index < -0.39 is 0 Å². The molecular formula is C20H32Cl2N2. The minimum Gasteiger partial charge on any atom is -0.303 e. The first-order valence-corrected chi connectivity index (χ1v) is 10.3. The highest BCUT2D eigenvalue weighted by molar-refractivity contribution is 6.42. The summed E-state index contributed by atoms with van der Waals surface area (Å²) in [7, 11) is 0. The van der Waals surface area contributed by atoms with Crippen LogP contribution in [0.4, 0.5) is 0 Å². The number of rotatable bonds is 10. The Kier molecular flexibility index (Phi) is 9.48. The molecular weight excluding hydrogens is 339 g/mol. The molecule has 0 radical (unpaired) electrons. The average molecular weight is 371 g/mol. The third-order valence-electron chi connectivity index (χ3n) is 4.98. The third kappa shape index (κ3) is 7.31. The van der Waals surface area contributed by atoms with Gasteiger partial charge in [0.1, 0.15) is 0 Å². The van der Waals surface area contributed by atoms with E-state index in [-0.39, 0.29) is 0 Å². The van der Waals surface area contributed by atoms with Crippen molar-refractivity contribution in [1.29, 1.82) is 0 Å². The first-order chi connectivity index (χ1) is 11.7. The van der Waals surface area contributed by atoms with E-state index in [9.17, 15) is 0 Å². The minimum absolute atomic E-state index is 0.636. The summed E-state index contributed by atoms with van der Waals surface area (Å²) >= 11 is 12.1. The van der Waals surface area contributed by atoms with Crippen molar-refractivity contribution in [2.45, 2.75) is 58.4 Å².